The Morgan fingerprint density at radius 3 is 2.40 bits per heavy atom. The van der Waals surface area contributed by atoms with Gasteiger partial charge in [-0.3, -0.25) is 0 Å². The van der Waals surface area contributed by atoms with E-state index in [-0.39, 0.29) is 0 Å². The van der Waals surface area contributed by atoms with Crippen LogP contribution in [-0.2, 0) is 0 Å². The van der Waals surface area contributed by atoms with Crippen LogP contribution in [0, 0.1) is 13.8 Å². The molecular formula is C19H19ClN4O. The van der Waals surface area contributed by atoms with E-state index in [0.717, 1.165) is 22.7 Å². The maximum absolute atomic E-state index is 6.03. The van der Waals surface area contributed by atoms with Crippen LogP contribution in [0.2, 0.25) is 5.02 Å². The highest BCUT2D eigenvalue weighted by Gasteiger charge is 2.07. The zero-order chi connectivity index (χ0) is 17.8. The summed E-state index contributed by atoms with van der Waals surface area (Å²) >= 11 is 6.03. The number of ether oxygens (including phenoxy) is 1. The molecule has 3 aromatic rings. The van der Waals surface area contributed by atoms with Crippen LogP contribution in [0.25, 0.3) is 0 Å². The van der Waals surface area contributed by atoms with Crippen molar-refractivity contribution in [2.24, 2.45) is 0 Å². The summed E-state index contributed by atoms with van der Waals surface area (Å²) in [5.41, 5.74) is 2.85. The second-order valence-electron chi connectivity index (χ2n) is 5.65. The maximum Gasteiger partial charge on any atom is 0.142 e. The second kappa shape index (κ2) is 7.40. The summed E-state index contributed by atoms with van der Waals surface area (Å²) < 4.78 is 5.41. The van der Waals surface area contributed by atoms with Crippen molar-refractivity contribution in [2.45, 2.75) is 13.8 Å². The molecule has 0 saturated carbocycles. The number of halogens is 1. The van der Waals surface area contributed by atoms with Gasteiger partial charge in [0.25, 0.3) is 0 Å². The topological polar surface area (TPSA) is 59.1 Å². The molecule has 0 aliphatic carbocycles. The van der Waals surface area contributed by atoms with E-state index in [4.69, 9.17) is 16.3 Å². The van der Waals surface area contributed by atoms with Gasteiger partial charge in [0.2, 0.25) is 0 Å². The van der Waals surface area contributed by atoms with Gasteiger partial charge in [-0.2, -0.15) is 0 Å². The number of nitrogens with one attached hydrogen (secondary N) is 2. The average molecular weight is 355 g/mol. The van der Waals surface area contributed by atoms with Crippen molar-refractivity contribution in [3.63, 3.8) is 0 Å². The zero-order valence-electron chi connectivity index (χ0n) is 14.3. The minimum Gasteiger partial charge on any atom is -0.495 e. The van der Waals surface area contributed by atoms with Gasteiger partial charge in [0.1, 0.15) is 23.2 Å². The standard InChI is InChI=1S/C19H19ClN4O/c1-12-7-8-17(25-3)16(9-12)24-19-11-18(21-13(2)22-19)23-15-6-4-5-14(20)10-15/h4-11H,1-3H3,(H2,21,22,23,24). The molecule has 2 N–H and O–H groups in total. The Balaban J connectivity index is 1.88. The Morgan fingerprint density at radius 2 is 1.68 bits per heavy atom. The molecule has 25 heavy (non-hydrogen) atoms. The van der Waals surface area contributed by atoms with E-state index in [1.165, 1.54) is 0 Å². The predicted molar refractivity (Wildman–Crippen MR) is 103 cm³/mol. The molecule has 0 amide bonds. The number of anilines is 4. The number of methoxy groups -OCH3 is 1. The van der Waals surface area contributed by atoms with Gasteiger partial charge < -0.3 is 15.4 Å². The summed E-state index contributed by atoms with van der Waals surface area (Å²) in [5.74, 6) is 2.78. The van der Waals surface area contributed by atoms with E-state index in [2.05, 4.69) is 20.6 Å². The minimum absolute atomic E-state index is 0.654. The number of hydrogen-bond acceptors (Lipinski definition) is 5. The van der Waals surface area contributed by atoms with Crippen LogP contribution in [0.4, 0.5) is 23.0 Å². The highest BCUT2D eigenvalue weighted by Crippen LogP contribution is 2.29. The van der Waals surface area contributed by atoms with Crippen LogP contribution in [0.1, 0.15) is 11.4 Å². The Morgan fingerprint density at radius 1 is 0.920 bits per heavy atom. The normalized spacial score (nSPS) is 10.4. The van der Waals surface area contributed by atoms with Crippen molar-refractivity contribution in [3.8, 4) is 5.75 Å². The molecule has 0 aliphatic rings. The molecule has 0 radical (unpaired) electrons. The fraction of sp³-hybridized carbons (Fsp3) is 0.158. The first-order chi connectivity index (χ1) is 12.0. The van der Waals surface area contributed by atoms with Gasteiger partial charge in [-0.1, -0.05) is 23.7 Å². The number of benzene rings is 2. The largest absolute Gasteiger partial charge is 0.495 e. The lowest BCUT2D eigenvalue weighted by molar-refractivity contribution is 0.416. The number of nitrogens with zero attached hydrogens (tertiary/aromatic N) is 2. The summed E-state index contributed by atoms with van der Waals surface area (Å²) in [6.07, 6.45) is 0. The molecule has 5 nitrogen and oxygen atoms in total. The highest BCUT2D eigenvalue weighted by molar-refractivity contribution is 6.30. The summed E-state index contributed by atoms with van der Waals surface area (Å²) in [6, 6.07) is 15.3. The van der Waals surface area contributed by atoms with E-state index < -0.39 is 0 Å². The van der Waals surface area contributed by atoms with E-state index >= 15 is 0 Å². The third-order valence-electron chi connectivity index (χ3n) is 3.55. The van der Waals surface area contributed by atoms with Gasteiger partial charge >= 0.3 is 0 Å². The van der Waals surface area contributed by atoms with Crippen molar-refractivity contribution >= 4 is 34.6 Å². The maximum atomic E-state index is 6.03. The molecule has 1 aromatic heterocycles. The number of hydrogen-bond donors (Lipinski definition) is 2. The number of aryl methyl sites for hydroxylation is 2. The average Bonchev–Trinajstić information content (AvgIpc) is 2.54. The third kappa shape index (κ3) is 4.39. The fourth-order valence-corrected chi connectivity index (χ4v) is 2.66. The van der Waals surface area contributed by atoms with Gasteiger partial charge in [-0.25, -0.2) is 9.97 Å². The summed E-state index contributed by atoms with van der Waals surface area (Å²) in [4.78, 5) is 8.87. The van der Waals surface area contributed by atoms with E-state index in [0.29, 0.717) is 22.5 Å². The lowest BCUT2D eigenvalue weighted by Crippen LogP contribution is -2.02. The van der Waals surface area contributed by atoms with Gasteiger partial charge in [0.05, 0.1) is 12.8 Å². The molecule has 0 unspecified atom stereocenters. The monoisotopic (exact) mass is 354 g/mol. The van der Waals surface area contributed by atoms with Gasteiger partial charge in [0, 0.05) is 16.8 Å². The molecule has 2 aromatic carbocycles. The van der Waals surface area contributed by atoms with E-state index in [9.17, 15) is 0 Å². The summed E-state index contributed by atoms with van der Waals surface area (Å²) in [5, 5.41) is 7.21. The van der Waals surface area contributed by atoms with E-state index in [1.807, 2.05) is 62.4 Å². The first kappa shape index (κ1) is 17.0. The molecule has 0 bridgehead atoms. The molecule has 0 atom stereocenters. The van der Waals surface area contributed by atoms with Crippen LogP contribution in [-0.4, -0.2) is 17.1 Å². The lowest BCUT2D eigenvalue weighted by Gasteiger charge is -2.13. The Labute approximate surface area is 152 Å². The SMILES string of the molecule is COc1ccc(C)cc1Nc1cc(Nc2cccc(Cl)c2)nc(C)n1. The van der Waals surface area contributed by atoms with Crippen molar-refractivity contribution in [2.75, 3.05) is 17.7 Å². The Kier molecular flexibility index (Phi) is 5.05. The van der Waals surface area contributed by atoms with Gasteiger partial charge in [0.15, 0.2) is 0 Å². The molecular weight excluding hydrogens is 336 g/mol. The second-order valence-corrected chi connectivity index (χ2v) is 6.09. The first-order valence-electron chi connectivity index (χ1n) is 7.83. The molecule has 0 saturated heterocycles. The smallest absolute Gasteiger partial charge is 0.142 e. The van der Waals surface area contributed by atoms with Crippen LogP contribution in [0.5, 0.6) is 5.75 Å². The number of aromatic nitrogens is 2. The number of rotatable bonds is 5. The van der Waals surface area contributed by atoms with Gasteiger partial charge in [-0.05, 0) is 49.7 Å². The lowest BCUT2D eigenvalue weighted by atomic mass is 10.2. The molecule has 0 aliphatic heterocycles. The van der Waals surface area contributed by atoms with Crippen LogP contribution < -0.4 is 15.4 Å². The van der Waals surface area contributed by atoms with Crippen LogP contribution >= 0.6 is 11.6 Å². The molecule has 1 heterocycles. The molecule has 6 heteroatoms. The quantitative estimate of drug-likeness (QED) is 0.656. The molecule has 0 fully saturated rings. The van der Waals surface area contributed by atoms with Crippen LogP contribution in [0.3, 0.4) is 0 Å². The van der Waals surface area contributed by atoms with Crippen LogP contribution in [0.15, 0.2) is 48.5 Å². The van der Waals surface area contributed by atoms with Gasteiger partial charge in [-0.15, -0.1) is 0 Å². The molecule has 3 rings (SSSR count). The highest BCUT2D eigenvalue weighted by atomic mass is 35.5. The van der Waals surface area contributed by atoms with Crippen molar-refractivity contribution in [1.29, 1.82) is 0 Å². The third-order valence-corrected chi connectivity index (χ3v) is 3.79. The Bertz CT molecular complexity index is 898. The Hall–Kier alpha value is -2.79. The zero-order valence-corrected chi connectivity index (χ0v) is 15.1. The van der Waals surface area contributed by atoms with Crippen molar-refractivity contribution in [3.05, 3.63) is 64.9 Å². The fourth-order valence-electron chi connectivity index (χ4n) is 2.47. The van der Waals surface area contributed by atoms with Crippen molar-refractivity contribution in [1.82, 2.24) is 9.97 Å². The molecule has 0 spiro atoms. The van der Waals surface area contributed by atoms with E-state index in [1.54, 1.807) is 7.11 Å². The predicted octanol–water partition coefficient (Wildman–Crippen LogP) is 5.24. The first-order valence-corrected chi connectivity index (χ1v) is 8.21. The van der Waals surface area contributed by atoms with Crippen molar-refractivity contribution < 1.29 is 4.74 Å². The molecule has 128 valence electrons. The summed E-state index contributed by atoms with van der Waals surface area (Å²) in [7, 11) is 1.65. The summed E-state index contributed by atoms with van der Waals surface area (Å²) in [6.45, 7) is 3.88. The minimum atomic E-state index is 0.654.